The predicted molar refractivity (Wildman–Crippen MR) is 7.97 cm³/mol. The summed E-state index contributed by atoms with van der Waals surface area (Å²) in [4.78, 5) is 0. The van der Waals surface area contributed by atoms with Crippen LogP contribution in [0.3, 0.4) is 0 Å². The molecule has 1 radical (unpaired) electrons. The monoisotopic (exact) mass is 215 g/mol. The summed E-state index contributed by atoms with van der Waals surface area (Å²) in [6.07, 6.45) is 0. The summed E-state index contributed by atoms with van der Waals surface area (Å²) in [6.45, 7) is 0. The van der Waals surface area contributed by atoms with Gasteiger partial charge in [0.2, 0.25) is 0 Å². The van der Waals surface area contributed by atoms with Gasteiger partial charge < -0.3 is 0 Å². The van der Waals surface area contributed by atoms with E-state index in [0.717, 1.165) is 0 Å². The molecule has 0 aromatic carbocycles. The fourth-order valence-electron chi connectivity index (χ4n) is 0. The molecule has 0 fully saturated rings. The van der Waals surface area contributed by atoms with Crippen molar-refractivity contribution in [2.24, 2.45) is 0 Å². The Morgan fingerprint density at radius 1 is 1.17 bits per heavy atom. The van der Waals surface area contributed by atoms with Crippen LogP contribution >= 0.6 is 0 Å². The van der Waals surface area contributed by atoms with Crippen molar-refractivity contribution in [1.82, 2.24) is 0 Å². The molecule has 0 saturated carbocycles. The van der Waals surface area contributed by atoms with Crippen molar-refractivity contribution in [3.8, 4) is 0 Å². The van der Waals surface area contributed by atoms with Crippen molar-refractivity contribution in [3.05, 3.63) is 0 Å². The molecule has 1 N–H and O–H groups in total. The SMILES string of the molecule is [Na].[O-][I+3]([O-])([O-])O. The Morgan fingerprint density at radius 2 is 1.17 bits per heavy atom. The van der Waals surface area contributed by atoms with Crippen molar-refractivity contribution < 1.29 is 33.8 Å². The van der Waals surface area contributed by atoms with Gasteiger partial charge in [0.15, 0.2) is 0 Å². The molecule has 0 rings (SSSR count). The molecule has 0 aliphatic carbocycles. The molecule has 0 atom stereocenters. The van der Waals surface area contributed by atoms with Crippen LogP contribution in [0.4, 0.5) is 0 Å². The van der Waals surface area contributed by atoms with Crippen LogP contribution in [0.1, 0.15) is 0 Å². The van der Waals surface area contributed by atoms with Gasteiger partial charge in [-0.05, 0) is 0 Å². The Labute approximate surface area is 62.8 Å². The first kappa shape index (κ1) is 10.5. The second-order valence-corrected chi connectivity index (χ2v) is 2.66. The first-order chi connectivity index (χ1) is 2.00. The molecule has 6 heavy (non-hydrogen) atoms. The Morgan fingerprint density at radius 3 is 1.17 bits per heavy atom. The fraction of sp³-hybridized carbons (Fsp3) is 0. The van der Waals surface area contributed by atoms with Crippen LogP contribution in [0.15, 0.2) is 0 Å². The maximum absolute atomic E-state index is 8.73. The van der Waals surface area contributed by atoms with Gasteiger partial charge in [-0.15, -0.1) is 0 Å². The zero-order chi connectivity index (χ0) is 4.50. The normalized spacial score (nSPS) is 10.0. The summed E-state index contributed by atoms with van der Waals surface area (Å²) in [5.41, 5.74) is 0. The van der Waals surface area contributed by atoms with E-state index in [1.165, 1.54) is 0 Å². The van der Waals surface area contributed by atoms with Crippen LogP contribution in [0, 0.1) is 0 Å². The second kappa shape index (κ2) is 3.56. The molecule has 0 aromatic rings. The van der Waals surface area contributed by atoms with Crippen molar-refractivity contribution in [2.75, 3.05) is 0 Å². The zero-order valence-electron chi connectivity index (χ0n) is 3.05. The first-order valence-corrected chi connectivity index (χ1v) is 4.24. The molecule has 33 valence electrons. The van der Waals surface area contributed by atoms with Crippen molar-refractivity contribution >= 4 is 29.6 Å². The van der Waals surface area contributed by atoms with Crippen LogP contribution < -0.4 is 30.4 Å². The van der Waals surface area contributed by atoms with Gasteiger partial charge in [0.25, 0.3) is 0 Å². The molecule has 4 nitrogen and oxygen atoms in total. The molecular weight excluding hydrogens is 214 g/mol. The standard InChI is InChI=1S/HIO4.Na/c2-1(3,4)5;/h2H;. The first-order valence-electron chi connectivity index (χ1n) is 0.632. The third kappa shape index (κ3) is 47.2. The summed E-state index contributed by atoms with van der Waals surface area (Å²) >= 11 is -5.69. The molecule has 0 spiro atoms. The average Bonchev–Trinajstić information content (AvgIpc) is 0.722. The molecular formula is HINaO4. The topological polar surface area (TPSA) is 89.4 Å². The Bertz CT molecular complexity index is 23.0. The van der Waals surface area contributed by atoms with Gasteiger partial charge in [-0.1, -0.05) is 0 Å². The molecule has 0 aliphatic rings. The van der Waals surface area contributed by atoms with Crippen LogP contribution in [0.2, 0.25) is 0 Å². The third-order valence-electron chi connectivity index (χ3n) is 0. The van der Waals surface area contributed by atoms with Crippen molar-refractivity contribution in [2.45, 2.75) is 0 Å². The maximum Gasteiger partial charge on any atom is 0.368 e. The van der Waals surface area contributed by atoms with Crippen LogP contribution in [-0.2, 0) is 0 Å². The number of hydrogen-bond donors (Lipinski definition) is 1. The minimum Gasteiger partial charge on any atom is -0.256 e. The van der Waals surface area contributed by atoms with Gasteiger partial charge in [-0.25, -0.2) is 0 Å². The zero-order valence-corrected chi connectivity index (χ0v) is 7.21. The van der Waals surface area contributed by atoms with Gasteiger partial charge in [-0.2, -0.15) is 0 Å². The second-order valence-electron chi connectivity index (χ2n) is 0.396. The van der Waals surface area contributed by atoms with E-state index in [0.29, 0.717) is 0 Å². The molecule has 0 unspecified atom stereocenters. The Balaban J connectivity index is 0. The van der Waals surface area contributed by atoms with Crippen LogP contribution in [-0.4, -0.2) is 33.0 Å². The van der Waals surface area contributed by atoms with Gasteiger partial charge in [0.05, 0.1) is 0 Å². The van der Waals surface area contributed by atoms with Gasteiger partial charge in [-0.3, -0.25) is 10.3 Å². The molecule has 0 amide bonds. The van der Waals surface area contributed by atoms with Crippen molar-refractivity contribution in [3.63, 3.8) is 0 Å². The van der Waals surface area contributed by atoms with Gasteiger partial charge in [0, 0.05) is 33.0 Å². The third-order valence-corrected chi connectivity index (χ3v) is 0. The Kier molecular flexibility index (Phi) is 6.24. The average molecular weight is 215 g/mol. The summed E-state index contributed by atoms with van der Waals surface area (Å²) in [6, 6.07) is 0. The summed E-state index contributed by atoms with van der Waals surface area (Å²) < 4.78 is 33.2. The van der Waals surface area contributed by atoms with E-state index in [1.54, 1.807) is 0 Å². The Hall–Kier alpha value is 1.57. The van der Waals surface area contributed by atoms with E-state index in [2.05, 4.69) is 0 Å². The van der Waals surface area contributed by atoms with Crippen LogP contribution in [0.25, 0.3) is 0 Å². The molecule has 0 bridgehead atoms. The van der Waals surface area contributed by atoms with E-state index in [4.69, 9.17) is 13.7 Å². The number of rotatable bonds is 0. The van der Waals surface area contributed by atoms with E-state index in [9.17, 15) is 0 Å². The van der Waals surface area contributed by atoms with E-state index < -0.39 is 20.1 Å². The van der Waals surface area contributed by atoms with Crippen molar-refractivity contribution in [1.29, 1.82) is 0 Å². The summed E-state index contributed by atoms with van der Waals surface area (Å²) in [7, 11) is 0. The number of halogens is 1. The quantitative estimate of drug-likeness (QED) is 0.321. The number of hydrogen-bond acceptors (Lipinski definition) is 4. The van der Waals surface area contributed by atoms with E-state index in [1.807, 2.05) is 0 Å². The minimum absolute atomic E-state index is 0. The molecule has 0 heterocycles. The molecule has 0 aliphatic heterocycles. The molecule has 6 heteroatoms. The van der Waals surface area contributed by atoms with Crippen LogP contribution in [0.5, 0.6) is 0 Å². The summed E-state index contributed by atoms with van der Waals surface area (Å²) in [5, 5.41) is 0. The fourth-order valence-corrected chi connectivity index (χ4v) is 0. The largest absolute Gasteiger partial charge is 0.368 e. The minimum atomic E-state index is -5.69. The van der Waals surface area contributed by atoms with E-state index >= 15 is 0 Å². The maximum atomic E-state index is 8.73. The smallest absolute Gasteiger partial charge is 0.256 e. The molecule has 0 saturated heterocycles. The molecule has 0 aromatic heterocycles. The van der Waals surface area contributed by atoms with Gasteiger partial charge >= 0.3 is 20.1 Å². The predicted octanol–water partition coefficient (Wildman–Crippen LogP) is -7.50. The summed E-state index contributed by atoms with van der Waals surface area (Å²) in [5.74, 6) is 0. The van der Waals surface area contributed by atoms with E-state index in [-0.39, 0.29) is 29.6 Å². The van der Waals surface area contributed by atoms with Gasteiger partial charge in [0.1, 0.15) is 0 Å².